The van der Waals surface area contributed by atoms with Gasteiger partial charge in [0.05, 0.1) is 0 Å². The molecule has 1 nitrogen and oxygen atoms in total. The van der Waals surface area contributed by atoms with Gasteiger partial charge in [0, 0.05) is 20.3 Å². The number of halogens is 1. The molecular weight excluding hydrogens is 252 g/mol. The molecule has 17 heavy (non-hydrogen) atoms. The van der Waals surface area contributed by atoms with Crippen molar-refractivity contribution < 1.29 is 5.11 Å². The molecule has 0 aliphatic rings. The third kappa shape index (κ3) is 2.54. The first-order valence-electron chi connectivity index (χ1n) is 5.65. The monoisotopic (exact) mass is 266 g/mol. The highest BCUT2D eigenvalue weighted by atomic mass is 35.5. The van der Waals surface area contributed by atoms with Crippen LogP contribution < -0.4 is 0 Å². The lowest BCUT2D eigenvalue weighted by Crippen LogP contribution is -1.98. The van der Waals surface area contributed by atoms with Crippen LogP contribution in [0, 0.1) is 6.92 Å². The Kier molecular flexibility index (Phi) is 3.87. The summed E-state index contributed by atoms with van der Waals surface area (Å²) >= 11 is 7.87. The molecule has 0 aliphatic carbocycles. The molecule has 0 bridgehead atoms. The number of aliphatic hydroxyl groups is 1. The summed E-state index contributed by atoms with van der Waals surface area (Å²) in [6.07, 6.45) is 0.381. The second kappa shape index (κ2) is 5.21. The maximum Gasteiger partial charge on any atom is 0.115 e. The van der Waals surface area contributed by atoms with Crippen molar-refractivity contribution >= 4 is 22.9 Å². The van der Waals surface area contributed by atoms with Crippen molar-refractivity contribution in [2.75, 3.05) is 0 Å². The third-order valence-electron chi connectivity index (χ3n) is 2.82. The molecule has 1 atom stereocenters. The maximum atomic E-state index is 10.3. The Labute approximate surface area is 111 Å². The van der Waals surface area contributed by atoms with E-state index in [-0.39, 0.29) is 0 Å². The van der Waals surface area contributed by atoms with Gasteiger partial charge < -0.3 is 5.11 Å². The van der Waals surface area contributed by atoms with E-state index in [1.807, 2.05) is 31.2 Å². The summed E-state index contributed by atoms with van der Waals surface area (Å²) in [5.41, 5.74) is 1.78. The van der Waals surface area contributed by atoms with Crippen LogP contribution in [-0.2, 0) is 6.42 Å². The largest absolute Gasteiger partial charge is 0.383 e. The van der Waals surface area contributed by atoms with Gasteiger partial charge in [-0.15, -0.1) is 11.3 Å². The van der Waals surface area contributed by atoms with Crippen LogP contribution in [0.2, 0.25) is 5.02 Å². The predicted molar refractivity (Wildman–Crippen MR) is 73.9 cm³/mol. The Balaban J connectivity index is 2.36. The number of thiophene rings is 1. The van der Waals surface area contributed by atoms with Crippen molar-refractivity contribution in [3.05, 3.63) is 56.2 Å². The molecule has 3 heteroatoms. The van der Waals surface area contributed by atoms with Crippen molar-refractivity contribution in [2.24, 2.45) is 0 Å². The Morgan fingerprint density at radius 3 is 2.71 bits per heavy atom. The highest BCUT2D eigenvalue weighted by molar-refractivity contribution is 7.12. The predicted octanol–water partition coefficient (Wildman–Crippen LogP) is 4.35. The standard InChI is InChI=1S/C14H15ClOS/c1-3-10-7-8-12(17-10)14(16)11-6-4-5-9(2)13(11)15/h4-8,14,16H,3H2,1-2H3. The first-order chi connectivity index (χ1) is 8.13. The Morgan fingerprint density at radius 1 is 1.29 bits per heavy atom. The van der Waals surface area contributed by atoms with Gasteiger partial charge in [0.15, 0.2) is 0 Å². The van der Waals surface area contributed by atoms with Crippen molar-refractivity contribution in [1.82, 2.24) is 0 Å². The van der Waals surface area contributed by atoms with E-state index in [2.05, 4.69) is 13.0 Å². The minimum atomic E-state index is -0.618. The highest BCUT2D eigenvalue weighted by Gasteiger charge is 2.16. The fraction of sp³-hybridized carbons (Fsp3) is 0.286. The Bertz CT molecular complexity index is 519. The zero-order valence-electron chi connectivity index (χ0n) is 9.90. The van der Waals surface area contributed by atoms with E-state index < -0.39 is 6.10 Å². The fourth-order valence-corrected chi connectivity index (χ4v) is 2.95. The van der Waals surface area contributed by atoms with Crippen LogP contribution in [0.5, 0.6) is 0 Å². The van der Waals surface area contributed by atoms with Gasteiger partial charge in [-0.05, 0) is 31.0 Å². The molecule has 0 amide bonds. The topological polar surface area (TPSA) is 20.2 Å². The van der Waals surface area contributed by atoms with Gasteiger partial charge in [-0.1, -0.05) is 36.7 Å². The van der Waals surface area contributed by atoms with Gasteiger partial charge >= 0.3 is 0 Å². The van der Waals surface area contributed by atoms with E-state index in [0.29, 0.717) is 5.02 Å². The lowest BCUT2D eigenvalue weighted by atomic mass is 10.1. The first kappa shape index (κ1) is 12.6. The quantitative estimate of drug-likeness (QED) is 0.875. The van der Waals surface area contributed by atoms with Gasteiger partial charge in [-0.3, -0.25) is 0 Å². The van der Waals surface area contributed by atoms with Crippen LogP contribution in [0.3, 0.4) is 0 Å². The molecule has 0 saturated heterocycles. The van der Waals surface area contributed by atoms with E-state index in [4.69, 9.17) is 11.6 Å². The molecule has 2 aromatic rings. The summed E-state index contributed by atoms with van der Waals surface area (Å²) < 4.78 is 0. The molecule has 0 spiro atoms. The molecule has 0 saturated carbocycles. The fourth-order valence-electron chi connectivity index (χ4n) is 1.77. The smallest absolute Gasteiger partial charge is 0.115 e. The van der Waals surface area contributed by atoms with E-state index in [1.54, 1.807) is 11.3 Å². The minimum absolute atomic E-state index is 0.618. The number of hydrogen-bond donors (Lipinski definition) is 1. The lowest BCUT2D eigenvalue weighted by Gasteiger charge is -2.12. The zero-order valence-corrected chi connectivity index (χ0v) is 11.5. The first-order valence-corrected chi connectivity index (χ1v) is 6.84. The van der Waals surface area contributed by atoms with Crippen LogP contribution in [0.15, 0.2) is 30.3 Å². The molecule has 2 rings (SSSR count). The summed E-state index contributed by atoms with van der Waals surface area (Å²) in [6.45, 7) is 4.06. The molecule has 1 unspecified atom stereocenters. The van der Waals surface area contributed by atoms with Crippen molar-refractivity contribution in [1.29, 1.82) is 0 Å². The lowest BCUT2D eigenvalue weighted by molar-refractivity contribution is 0.224. The number of aryl methyl sites for hydroxylation is 2. The maximum absolute atomic E-state index is 10.3. The minimum Gasteiger partial charge on any atom is -0.383 e. The summed E-state index contributed by atoms with van der Waals surface area (Å²) in [5.74, 6) is 0. The molecule has 1 N–H and O–H groups in total. The molecule has 1 aromatic carbocycles. The average molecular weight is 267 g/mol. The highest BCUT2D eigenvalue weighted by Crippen LogP contribution is 2.33. The molecule has 0 fully saturated rings. The van der Waals surface area contributed by atoms with Crippen LogP contribution in [-0.4, -0.2) is 5.11 Å². The molecule has 90 valence electrons. The second-order valence-electron chi connectivity index (χ2n) is 4.04. The number of rotatable bonds is 3. The average Bonchev–Trinajstić information content (AvgIpc) is 2.80. The van der Waals surface area contributed by atoms with Crippen LogP contribution in [0.25, 0.3) is 0 Å². The number of benzene rings is 1. The number of hydrogen-bond acceptors (Lipinski definition) is 2. The van der Waals surface area contributed by atoms with Crippen LogP contribution in [0.1, 0.15) is 33.9 Å². The zero-order chi connectivity index (χ0) is 12.4. The molecule has 0 radical (unpaired) electrons. The van der Waals surface area contributed by atoms with E-state index in [1.165, 1.54) is 4.88 Å². The van der Waals surface area contributed by atoms with Gasteiger partial charge in [-0.25, -0.2) is 0 Å². The Hall–Kier alpha value is -0.830. The summed E-state index contributed by atoms with van der Waals surface area (Å²) in [6, 6.07) is 9.80. The third-order valence-corrected chi connectivity index (χ3v) is 4.61. The van der Waals surface area contributed by atoms with Crippen molar-refractivity contribution in [3.63, 3.8) is 0 Å². The van der Waals surface area contributed by atoms with E-state index >= 15 is 0 Å². The normalized spacial score (nSPS) is 12.7. The van der Waals surface area contributed by atoms with Gasteiger partial charge in [0.25, 0.3) is 0 Å². The van der Waals surface area contributed by atoms with Crippen molar-refractivity contribution in [2.45, 2.75) is 26.4 Å². The van der Waals surface area contributed by atoms with Gasteiger partial charge in [0.1, 0.15) is 6.10 Å². The molecular formula is C14H15ClOS. The van der Waals surface area contributed by atoms with Gasteiger partial charge in [-0.2, -0.15) is 0 Å². The van der Waals surface area contributed by atoms with Gasteiger partial charge in [0.2, 0.25) is 0 Å². The summed E-state index contributed by atoms with van der Waals surface area (Å²) in [4.78, 5) is 2.23. The second-order valence-corrected chi connectivity index (χ2v) is 5.62. The Morgan fingerprint density at radius 2 is 2.06 bits per heavy atom. The molecule has 1 heterocycles. The van der Waals surface area contributed by atoms with E-state index in [9.17, 15) is 5.11 Å². The van der Waals surface area contributed by atoms with Crippen LogP contribution >= 0.6 is 22.9 Å². The molecule has 1 aromatic heterocycles. The summed E-state index contributed by atoms with van der Waals surface area (Å²) in [7, 11) is 0. The number of aliphatic hydroxyl groups excluding tert-OH is 1. The van der Waals surface area contributed by atoms with Crippen LogP contribution in [0.4, 0.5) is 0 Å². The van der Waals surface area contributed by atoms with E-state index in [0.717, 1.165) is 22.4 Å². The summed E-state index contributed by atoms with van der Waals surface area (Å²) in [5, 5.41) is 11.0. The van der Waals surface area contributed by atoms with Crippen molar-refractivity contribution in [3.8, 4) is 0 Å². The SMILES string of the molecule is CCc1ccc(C(O)c2cccc(C)c2Cl)s1. The molecule has 0 aliphatic heterocycles.